The number of nitrogens with one attached hydrogen (secondary N) is 1. The topological polar surface area (TPSA) is 71.2 Å². The SMILES string of the molecule is CCCCCN(C(=O)c1cnc(C)cc1NN)C(C)C. The molecule has 0 aliphatic heterocycles. The van der Waals surface area contributed by atoms with Crippen molar-refractivity contribution < 1.29 is 4.79 Å². The number of unbranched alkanes of at least 4 members (excludes halogenated alkanes) is 2. The summed E-state index contributed by atoms with van der Waals surface area (Å²) in [6.45, 7) is 8.85. The second-order valence-electron chi connectivity index (χ2n) is 5.32. The first-order valence-corrected chi connectivity index (χ1v) is 7.25. The normalized spacial score (nSPS) is 10.7. The molecule has 0 aliphatic rings. The van der Waals surface area contributed by atoms with E-state index in [1.807, 2.05) is 25.7 Å². The maximum atomic E-state index is 12.7. The lowest BCUT2D eigenvalue weighted by Gasteiger charge is -2.27. The Morgan fingerprint density at radius 2 is 2.15 bits per heavy atom. The molecular weight excluding hydrogens is 252 g/mol. The van der Waals surface area contributed by atoms with Crippen molar-refractivity contribution in [2.75, 3.05) is 12.0 Å². The third-order valence-electron chi connectivity index (χ3n) is 3.31. The van der Waals surface area contributed by atoms with Crippen LogP contribution in [0.15, 0.2) is 12.3 Å². The summed E-state index contributed by atoms with van der Waals surface area (Å²) in [6, 6.07) is 1.95. The summed E-state index contributed by atoms with van der Waals surface area (Å²) in [5.41, 5.74) is 4.58. The third kappa shape index (κ3) is 4.20. The van der Waals surface area contributed by atoms with Crippen molar-refractivity contribution >= 4 is 11.6 Å². The molecule has 1 heterocycles. The Morgan fingerprint density at radius 1 is 1.45 bits per heavy atom. The van der Waals surface area contributed by atoms with Crippen molar-refractivity contribution in [1.82, 2.24) is 9.88 Å². The molecule has 0 aliphatic carbocycles. The van der Waals surface area contributed by atoms with Gasteiger partial charge in [-0.25, -0.2) is 0 Å². The minimum absolute atomic E-state index is 0.0171. The van der Waals surface area contributed by atoms with Crippen molar-refractivity contribution in [3.8, 4) is 0 Å². The molecule has 112 valence electrons. The zero-order valence-electron chi connectivity index (χ0n) is 12.9. The highest BCUT2D eigenvalue weighted by Gasteiger charge is 2.21. The summed E-state index contributed by atoms with van der Waals surface area (Å²) in [7, 11) is 0. The average molecular weight is 278 g/mol. The molecule has 0 spiro atoms. The van der Waals surface area contributed by atoms with Gasteiger partial charge in [-0.05, 0) is 33.3 Å². The van der Waals surface area contributed by atoms with Crippen LogP contribution in [0.5, 0.6) is 0 Å². The van der Waals surface area contributed by atoms with Crippen molar-refractivity contribution in [3.63, 3.8) is 0 Å². The van der Waals surface area contributed by atoms with E-state index in [-0.39, 0.29) is 11.9 Å². The zero-order valence-corrected chi connectivity index (χ0v) is 12.9. The van der Waals surface area contributed by atoms with E-state index in [0.29, 0.717) is 11.3 Å². The zero-order chi connectivity index (χ0) is 15.1. The third-order valence-corrected chi connectivity index (χ3v) is 3.31. The fraction of sp³-hybridized carbons (Fsp3) is 0.600. The maximum absolute atomic E-state index is 12.7. The molecule has 1 aromatic heterocycles. The highest BCUT2D eigenvalue weighted by Crippen LogP contribution is 2.18. The molecule has 1 amide bonds. The van der Waals surface area contributed by atoms with E-state index in [4.69, 9.17) is 5.84 Å². The summed E-state index contributed by atoms with van der Waals surface area (Å²) in [4.78, 5) is 18.7. The number of carbonyl (C=O) groups excluding carboxylic acids is 1. The van der Waals surface area contributed by atoms with Gasteiger partial charge in [0.05, 0.1) is 11.3 Å². The van der Waals surface area contributed by atoms with E-state index >= 15 is 0 Å². The molecule has 1 aromatic rings. The van der Waals surface area contributed by atoms with E-state index in [1.54, 1.807) is 12.3 Å². The lowest BCUT2D eigenvalue weighted by molar-refractivity contribution is 0.0703. The number of nitrogens with two attached hydrogens (primary N) is 1. The Balaban J connectivity index is 2.94. The van der Waals surface area contributed by atoms with Crippen molar-refractivity contribution in [2.24, 2.45) is 5.84 Å². The quantitative estimate of drug-likeness (QED) is 0.457. The standard InChI is InChI=1S/C15H26N4O/c1-5-6-7-8-19(11(2)3)15(20)13-10-17-12(4)9-14(13)18-16/h9-11H,5-8,16H2,1-4H3,(H,17,18). The summed E-state index contributed by atoms with van der Waals surface area (Å²) >= 11 is 0. The average Bonchev–Trinajstić information content (AvgIpc) is 2.42. The van der Waals surface area contributed by atoms with Crippen molar-refractivity contribution in [3.05, 3.63) is 23.5 Å². The number of hydrazine groups is 1. The van der Waals surface area contributed by atoms with Crippen LogP contribution >= 0.6 is 0 Å². The number of carbonyl (C=O) groups is 1. The van der Waals surface area contributed by atoms with E-state index in [1.165, 1.54) is 0 Å². The molecule has 0 saturated heterocycles. The molecule has 0 bridgehead atoms. The van der Waals surface area contributed by atoms with Crippen LogP contribution in [-0.2, 0) is 0 Å². The predicted octanol–water partition coefficient (Wildman–Crippen LogP) is 2.72. The number of nitrogens with zero attached hydrogens (tertiary/aromatic N) is 2. The van der Waals surface area contributed by atoms with Gasteiger partial charge in [-0.1, -0.05) is 19.8 Å². The van der Waals surface area contributed by atoms with Crippen LogP contribution in [0.3, 0.4) is 0 Å². The molecular formula is C15H26N4O. The van der Waals surface area contributed by atoms with Gasteiger partial charge in [0.2, 0.25) is 0 Å². The van der Waals surface area contributed by atoms with Gasteiger partial charge in [-0.2, -0.15) is 0 Å². The first kappa shape index (κ1) is 16.4. The number of amides is 1. The fourth-order valence-corrected chi connectivity index (χ4v) is 2.13. The number of aryl methyl sites for hydroxylation is 1. The van der Waals surface area contributed by atoms with Gasteiger partial charge in [0, 0.05) is 24.5 Å². The van der Waals surface area contributed by atoms with E-state index in [2.05, 4.69) is 17.3 Å². The largest absolute Gasteiger partial charge is 0.336 e. The molecule has 5 nitrogen and oxygen atoms in total. The molecule has 5 heteroatoms. The van der Waals surface area contributed by atoms with Crippen LogP contribution in [0.25, 0.3) is 0 Å². The van der Waals surface area contributed by atoms with Gasteiger partial charge in [0.25, 0.3) is 5.91 Å². The highest BCUT2D eigenvalue weighted by molar-refractivity contribution is 5.99. The number of pyridine rings is 1. The van der Waals surface area contributed by atoms with Crippen LogP contribution in [0.2, 0.25) is 0 Å². The molecule has 0 aromatic carbocycles. The Morgan fingerprint density at radius 3 is 2.70 bits per heavy atom. The van der Waals surface area contributed by atoms with Crippen LogP contribution in [-0.4, -0.2) is 28.4 Å². The van der Waals surface area contributed by atoms with Gasteiger partial charge in [-0.3, -0.25) is 15.6 Å². The van der Waals surface area contributed by atoms with Gasteiger partial charge < -0.3 is 10.3 Å². The molecule has 1 rings (SSSR count). The molecule has 0 radical (unpaired) electrons. The lowest BCUT2D eigenvalue weighted by Crippen LogP contribution is -2.38. The number of nitrogen functional groups attached to an aromatic ring is 1. The summed E-state index contributed by atoms with van der Waals surface area (Å²) in [6.07, 6.45) is 4.89. The smallest absolute Gasteiger partial charge is 0.257 e. The van der Waals surface area contributed by atoms with Crippen molar-refractivity contribution in [1.29, 1.82) is 0 Å². The van der Waals surface area contributed by atoms with Crippen LogP contribution in [0.1, 0.15) is 56.1 Å². The van der Waals surface area contributed by atoms with Crippen molar-refractivity contribution in [2.45, 2.75) is 53.0 Å². The van der Waals surface area contributed by atoms with Gasteiger partial charge in [-0.15, -0.1) is 0 Å². The van der Waals surface area contributed by atoms with E-state index in [9.17, 15) is 4.79 Å². The monoisotopic (exact) mass is 278 g/mol. The van der Waals surface area contributed by atoms with Crippen LogP contribution in [0.4, 0.5) is 5.69 Å². The molecule has 20 heavy (non-hydrogen) atoms. The molecule has 0 atom stereocenters. The predicted molar refractivity (Wildman–Crippen MR) is 82.5 cm³/mol. The summed E-state index contributed by atoms with van der Waals surface area (Å²) in [5.74, 6) is 5.49. The van der Waals surface area contributed by atoms with Gasteiger partial charge >= 0.3 is 0 Å². The van der Waals surface area contributed by atoms with E-state index < -0.39 is 0 Å². The minimum atomic E-state index is -0.0171. The number of anilines is 1. The lowest BCUT2D eigenvalue weighted by atomic mass is 10.1. The molecule has 3 N–H and O–H groups in total. The Hall–Kier alpha value is -1.62. The number of hydrogen-bond donors (Lipinski definition) is 2. The van der Waals surface area contributed by atoms with Crippen LogP contribution in [0, 0.1) is 6.92 Å². The molecule has 0 fully saturated rings. The summed E-state index contributed by atoms with van der Waals surface area (Å²) in [5, 5.41) is 0. The Bertz CT molecular complexity index is 445. The molecule has 0 saturated carbocycles. The number of hydrogen-bond acceptors (Lipinski definition) is 4. The minimum Gasteiger partial charge on any atom is -0.336 e. The first-order valence-electron chi connectivity index (χ1n) is 7.25. The number of rotatable bonds is 7. The second kappa shape index (κ2) is 7.85. The fourth-order valence-electron chi connectivity index (χ4n) is 2.13. The molecule has 0 unspecified atom stereocenters. The Labute approximate surface area is 121 Å². The highest BCUT2D eigenvalue weighted by atomic mass is 16.2. The van der Waals surface area contributed by atoms with Gasteiger partial charge in [0.15, 0.2) is 0 Å². The van der Waals surface area contributed by atoms with Gasteiger partial charge in [0.1, 0.15) is 0 Å². The Kier molecular flexibility index (Phi) is 6.45. The maximum Gasteiger partial charge on any atom is 0.257 e. The summed E-state index contributed by atoms with van der Waals surface area (Å²) < 4.78 is 0. The first-order chi connectivity index (χ1) is 9.51. The van der Waals surface area contributed by atoms with E-state index in [0.717, 1.165) is 31.5 Å². The second-order valence-corrected chi connectivity index (χ2v) is 5.32. The van der Waals surface area contributed by atoms with Crippen LogP contribution < -0.4 is 11.3 Å². The number of aromatic nitrogens is 1.